The van der Waals surface area contributed by atoms with Crippen molar-refractivity contribution < 1.29 is 18.0 Å². The summed E-state index contributed by atoms with van der Waals surface area (Å²) in [6, 6.07) is 11.4. The molecule has 0 heterocycles. The summed E-state index contributed by atoms with van der Waals surface area (Å²) in [6.07, 6.45) is -2.60. The number of Topliss-reactive ketones (excluding diaryl/α,β-unsaturated/α-hetero) is 1. The highest BCUT2D eigenvalue weighted by Crippen LogP contribution is 2.32. The van der Waals surface area contributed by atoms with Gasteiger partial charge in [0.05, 0.1) is 5.56 Å². The fourth-order valence-electron chi connectivity index (χ4n) is 1.95. The SMILES string of the molecule is CSc1cccc(C(Cl)C(=O)c2cccc(C(F)(F)F)c2)c1. The number of halogens is 4. The molecule has 1 nitrogen and oxygen atoms in total. The normalized spacial score (nSPS) is 13.0. The fourth-order valence-corrected chi connectivity index (χ4v) is 2.68. The summed E-state index contributed by atoms with van der Waals surface area (Å²) in [7, 11) is 0. The number of hydrogen-bond donors (Lipinski definition) is 0. The number of hydrogen-bond acceptors (Lipinski definition) is 2. The van der Waals surface area contributed by atoms with Crippen molar-refractivity contribution in [2.24, 2.45) is 0 Å². The van der Waals surface area contributed by atoms with Crippen molar-refractivity contribution in [1.29, 1.82) is 0 Å². The first-order chi connectivity index (χ1) is 10.3. The van der Waals surface area contributed by atoms with E-state index in [0.29, 0.717) is 5.56 Å². The molecule has 0 N–H and O–H groups in total. The minimum absolute atomic E-state index is 0.0515. The first kappa shape index (κ1) is 16.9. The van der Waals surface area contributed by atoms with Gasteiger partial charge in [-0.15, -0.1) is 23.4 Å². The number of rotatable bonds is 4. The van der Waals surface area contributed by atoms with Crippen LogP contribution in [0.1, 0.15) is 26.9 Å². The van der Waals surface area contributed by atoms with E-state index in [9.17, 15) is 18.0 Å². The third kappa shape index (κ3) is 3.84. The second kappa shape index (κ2) is 6.75. The van der Waals surface area contributed by atoms with Gasteiger partial charge >= 0.3 is 6.18 Å². The zero-order valence-corrected chi connectivity index (χ0v) is 13.1. The Bertz CT molecular complexity index is 685. The molecule has 116 valence electrons. The summed E-state index contributed by atoms with van der Waals surface area (Å²) in [5.41, 5.74) is -0.347. The van der Waals surface area contributed by atoms with Crippen molar-refractivity contribution >= 4 is 29.1 Å². The molecular formula is C16H12ClF3OS. The molecular weight excluding hydrogens is 333 g/mol. The molecule has 0 amide bonds. The summed E-state index contributed by atoms with van der Waals surface area (Å²) in [4.78, 5) is 13.2. The highest BCUT2D eigenvalue weighted by atomic mass is 35.5. The molecule has 0 bridgehead atoms. The highest BCUT2D eigenvalue weighted by molar-refractivity contribution is 7.98. The van der Waals surface area contributed by atoms with Gasteiger partial charge in [-0.1, -0.05) is 24.3 Å². The zero-order valence-electron chi connectivity index (χ0n) is 11.5. The van der Waals surface area contributed by atoms with Gasteiger partial charge in [-0.3, -0.25) is 4.79 Å². The Hall–Kier alpha value is -1.46. The van der Waals surface area contributed by atoms with Gasteiger partial charge in [0.2, 0.25) is 0 Å². The third-order valence-electron chi connectivity index (χ3n) is 3.09. The molecule has 1 atom stereocenters. The van der Waals surface area contributed by atoms with E-state index < -0.39 is 22.9 Å². The Morgan fingerprint density at radius 3 is 2.45 bits per heavy atom. The Labute approximate surface area is 135 Å². The van der Waals surface area contributed by atoms with E-state index in [2.05, 4.69) is 0 Å². The van der Waals surface area contributed by atoms with Gasteiger partial charge in [0.1, 0.15) is 5.38 Å². The van der Waals surface area contributed by atoms with Crippen LogP contribution in [-0.4, -0.2) is 12.0 Å². The summed E-state index contributed by atoms with van der Waals surface area (Å²) in [5, 5.41) is -1.02. The standard InChI is InChI=1S/C16H12ClF3OS/c1-22-13-7-3-4-10(9-13)14(17)15(21)11-5-2-6-12(8-11)16(18,19)20/h2-9,14H,1H3. The number of alkyl halides is 4. The van der Waals surface area contributed by atoms with Crippen LogP contribution in [0.3, 0.4) is 0 Å². The molecule has 0 radical (unpaired) electrons. The van der Waals surface area contributed by atoms with Gasteiger partial charge in [0.25, 0.3) is 0 Å². The maximum absolute atomic E-state index is 12.7. The second-order valence-corrected chi connectivity index (χ2v) is 5.90. The largest absolute Gasteiger partial charge is 0.416 e. The summed E-state index contributed by atoms with van der Waals surface area (Å²) < 4.78 is 38.1. The number of ketones is 1. The van der Waals surface area contributed by atoms with Crippen LogP contribution in [0.25, 0.3) is 0 Å². The smallest absolute Gasteiger partial charge is 0.292 e. The van der Waals surface area contributed by atoms with Gasteiger partial charge in [0.15, 0.2) is 5.78 Å². The molecule has 1 unspecified atom stereocenters. The molecule has 2 rings (SSSR count). The maximum atomic E-state index is 12.7. The zero-order chi connectivity index (χ0) is 16.3. The van der Waals surface area contributed by atoms with Crippen molar-refractivity contribution in [2.45, 2.75) is 16.4 Å². The van der Waals surface area contributed by atoms with Gasteiger partial charge in [-0.05, 0) is 36.1 Å². The Balaban J connectivity index is 2.31. The number of benzene rings is 2. The van der Waals surface area contributed by atoms with E-state index in [0.717, 1.165) is 17.0 Å². The molecule has 0 fully saturated rings. The number of thioether (sulfide) groups is 1. The van der Waals surface area contributed by atoms with E-state index in [4.69, 9.17) is 11.6 Å². The third-order valence-corrected chi connectivity index (χ3v) is 4.27. The molecule has 0 spiro atoms. The van der Waals surface area contributed by atoms with Gasteiger partial charge in [-0.2, -0.15) is 13.2 Å². The molecule has 22 heavy (non-hydrogen) atoms. The average Bonchev–Trinajstić information content (AvgIpc) is 2.53. The predicted molar refractivity (Wildman–Crippen MR) is 82.6 cm³/mol. The van der Waals surface area contributed by atoms with E-state index in [1.54, 1.807) is 18.2 Å². The average molecular weight is 345 g/mol. The minimum Gasteiger partial charge on any atom is -0.292 e. The highest BCUT2D eigenvalue weighted by Gasteiger charge is 2.31. The van der Waals surface area contributed by atoms with Crippen LogP contribution < -0.4 is 0 Å². The monoisotopic (exact) mass is 344 g/mol. The Morgan fingerprint density at radius 2 is 1.82 bits per heavy atom. The van der Waals surface area contributed by atoms with Crippen molar-refractivity contribution in [3.05, 3.63) is 65.2 Å². The van der Waals surface area contributed by atoms with Crippen LogP contribution in [0.15, 0.2) is 53.4 Å². The quantitative estimate of drug-likeness (QED) is 0.408. The number of carbonyl (C=O) groups is 1. The van der Waals surface area contributed by atoms with Crippen molar-refractivity contribution in [3.8, 4) is 0 Å². The van der Waals surface area contributed by atoms with E-state index in [1.165, 1.54) is 23.9 Å². The van der Waals surface area contributed by atoms with Crippen molar-refractivity contribution in [2.75, 3.05) is 6.26 Å². The second-order valence-electron chi connectivity index (χ2n) is 4.58. The lowest BCUT2D eigenvalue weighted by Gasteiger charge is -2.12. The Morgan fingerprint density at radius 1 is 1.14 bits per heavy atom. The summed E-state index contributed by atoms with van der Waals surface area (Å²) in [5.74, 6) is -0.550. The first-order valence-corrected chi connectivity index (χ1v) is 7.98. The molecule has 0 aliphatic heterocycles. The lowest BCUT2D eigenvalue weighted by atomic mass is 10.0. The molecule has 2 aromatic carbocycles. The van der Waals surface area contributed by atoms with E-state index >= 15 is 0 Å². The van der Waals surface area contributed by atoms with Crippen LogP contribution in [0.2, 0.25) is 0 Å². The van der Waals surface area contributed by atoms with Crippen LogP contribution in [0.4, 0.5) is 13.2 Å². The van der Waals surface area contributed by atoms with Gasteiger partial charge < -0.3 is 0 Å². The summed E-state index contributed by atoms with van der Waals surface area (Å²) in [6.45, 7) is 0. The van der Waals surface area contributed by atoms with Gasteiger partial charge in [0, 0.05) is 10.5 Å². The van der Waals surface area contributed by atoms with E-state index in [-0.39, 0.29) is 5.56 Å². The molecule has 6 heteroatoms. The molecule has 0 saturated carbocycles. The predicted octanol–water partition coefficient (Wildman–Crippen LogP) is 5.59. The molecule has 0 saturated heterocycles. The molecule has 0 aliphatic carbocycles. The topological polar surface area (TPSA) is 17.1 Å². The minimum atomic E-state index is -4.49. The van der Waals surface area contributed by atoms with Gasteiger partial charge in [-0.25, -0.2) is 0 Å². The van der Waals surface area contributed by atoms with Crippen LogP contribution in [0.5, 0.6) is 0 Å². The Kier molecular flexibility index (Phi) is 5.19. The van der Waals surface area contributed by atoms with Crippen molar-refractivity contribution in [3.63, 3.8) is 0 Å². The van der Waals surface area contributed by atoms with Crippen molar-refractivity contribution in [1.82, 2.24) is 0 Å². The first-order valence-electron chi connectivity index (χ1n) is 6.32. The maximum Gasteiger partial charge on any atom is 0.416 e. The summed E-state index contributed by atoms with van der Waals surface area (Å²) >= 11 is 7.64. The lowest BCUT2D eigenvalue weighted by Crippen LogP contribution is -2.11. The lowest BCUT2D eigenvalue weighted by molar-refractivity contribution is -0.137. The molecule has 2 aromatic rings. The molecule has 0 aromatic heterocycles. The molecule has 0 aliphatic rings. The fraction of sp³-hybridized carbons (Fsp3) is 0.188. The van der Waals surface area contributed by atoms with Crippen LogP contribution in [0, 0.1) is 0 Å². The number of carbonyl (C=O) groups excluding carboxylic acids is 1. The van der Waals surface area contributed by atoms with E-state index in [1.807, 2.05) is 12.3 Å². The van der Waals surface area contributed by atoms with Crippen LogP contribution >= 0.6 is 23.4 Å². The van der Waals surface area contributed by atoms with Crippen LogP contribution in [-0.2, 0) is 6.18 Å².